The number of rotatable bonds is 2. The molecule has 0 radical (unpaired) electrons. The lowest BCUT2D eigenvalue weighted by Gasteiger charge is -2.39. The Morgan fingerprint density at radius 2 is 1.85 bits per heavy atom. The largest absolute Gasteiger partial charge is 0.325 e. The van der Waals surface area contributed by atoms with Crippen molar-refractivity contribution in [1.82, 2.24) is 4.90 Å². The van der Waals surface area contributed by atoms with Gasteiger partial charge >= 0.3 is 0 Å². The van der Waals surface area contributed by atoms with E-state index >= 15 is 0 Å². The van der Waals surface area contributed by atoms with Crippen LogP contribution in [0.4, 0.5) is 10.1 Å². The predicted octanol–water partition coefficient (Wildman–Crippen LogP) is 3.19. The number of hydrogen-bond donors (Lipinski definition) is 0. The van der Waals surface area contributed by atoms with Crippen molar-refractivity contribution in [2.75, 3.05) is 18.0 Å². The summed E-state index contributed by atoms with van der Waals surface area (Å²) < 4.78 is 13.9. The van der Waals surface area contributed by atoms with Gasteiger partial charge in [-0.1, -0.05) is 18.2 Å². The molecule has 0 saturated carbocycles. The molecule has 0 aromatic heterocycles. The Bertz CT molecular complexity index is 880. The third-order valence-corrected chi connectivity index (χ3v) is 5.41. The van der Waals surface area contributed by atoms with Crippen molar-refractivity contribution in [3.63, 3.8) is 0 Å². The molecular weight excluding hydrogens is 331 g/mol. The average Bonchev–Trinajstić information content (AvgIpc) is 3.11. The van der Waals surface area contributed by atoms with E-state index in [0.717, 1.165) is 24.9 Å². The molecule has 0 bridgehead atoms. The molecule has 5 heteroatoms. The molecule has 2 aliphatic rings. The number of carbonyl (C=O) groups is 2. The van der Waals surface area contributed by atoms with E-state index in [1.54, 1.807) is 24.0 Å². The van der Waals surface area contributed by atoms with Crippen molar-refractivity contribution in [2.24, 2.45) is 0 Å². The van der Waals surface area contributed by atoms with Crippen molar-refractivity contribution < 1.29 is 14.0 Å². The molecule has 0 unspecified atom stereocenters. The molecule has 0 spiro atoms. The number of fused-ring (bicyclic) bond motifs is 1. The quantitative estimate of drug-likeness (QED) is 0.833. The second kappa shape index (κ2) is 6.56. The summed E-state index contributed by atoms with van der Waals surface area (Å²) in [4.78, 5) is 28.8. The van der Waals surface area contributed by atoms with E-state index < -0.39 is 17.8 Å². The number of nitrogens with zero attached hydrogens (tertiary/aromatic N) is 2. The number of anilines is 1. The first-order chi connectivity index (χ1) is 12.6. The second-order valence-corrected chi connectivity index (χ2v) is 6.95. The van der Waals surface area contributed by atoms with Crippen LogP contribution in [-0.2, 0) is 17.6 Å². The average molecular weight is 352 g/mol. The van der Waals surface area contributed by atoms with Crippen molar-refractivity contribution in [2.45, 2.75) is 32.2 Å². The zero-order valence-corrected chi connectivity index (χ0v) is 14.7. The Morgan fingerprint density at radius 3 is 2.65 bits per heavy atom. The standard InChI is InChI=1S/C21H21FN2O2/c1-14-20(25)24(17-10-9-15-5-4-6-16(15)13-17)12-11-23(14)21(26)18-7-2-3-8-19(18)22/h2-3,7-10,13-14H,4-6,11-12H2,1H3/t14-/m1/s1. The molecule has 2 aromatic rings. The maximum Gasteiger partial charge on any atom is 0.257 e. The summed E-state index contributed by atoms with van der Waals surface area (Å²) in [6.07, 6.45) is 3.32. The summed E-state index contributed by atoms with van der Waals surface area (Å²) in [7, 11) is 0. The highest BCUT2D eigenvalue weighted by atomic mass is 19.1. The topological polar surface area (TPSA) is 40.6 Å². The molecule has 4 nitrogen and oxygen atoms in total. The molecule has 0 N–H and O–H groups in total. The van der Waals surface area contributed by atoms with Gasteiger partial charge in [0.25, 0.3) is 5.91 Å². The molecule has 134 valence electrons. The summed E-state index contributed by atoms with van der Waals surface area (Å²) in [5, 5.41) is 0. The fourth-order valence-electron chi connectivity index (χ4n) is 3.92. The first kappa shape index (κ1) is 16.8. The monoisotopic (exact) mass is 352 g/mol. The molecule has 4 rings (SSSR count). The fourth-order valence-corrected chi connectivity index (χ4v) is 3.92. The van der Waals surface area contributed by atoms with Gasteiger partial charge in [-0.2, -0.15) is 0 Å². The van der Waals surface area contributed by atoms with Gasteiger partial charge in [-0.05, 0) is 61.6 Å². The van der Waals surface area contributed by atoms with E-state index in [1.165, 1.54) is 28.2 Å². The second-order valence-electron chi connectivity index (χ2n) is 6.95. The number of aryl methyl sites for hydroxylation is 2. The summed E-state index contributed by atoms with van der Waals surface area (Å²) in [6, 6.07) is 11.5. The summed E-state index contributed by atoms with van der Waals surface area (Å²) >= 11 is 0. The lowest BCUT2D eigenvalue weighted by Crippen LogP contribution is -2.57. The Hall–Kier alpha value is -2.69. The fraction of sp³-hybridized carbons (Fsp3) is 0.333. The third-order valence-electron chi connectivity index (χ3n) is 5.41. The van der Waals surface area contributed by atoms with Gasteiger partial charge in [0.1, 0.15) is 11.9 Å². The zero-order valence-electron chi connectivity index (χ0n) is 14.7. The van der Waals surface area contributed by atoms with E-state index in [-0.39, 0.29) is 11.5 Å². The van der Waals surface area contributed by atoms with Crippen molar-refractivity contribution >= 4 is 17.5 Å². The Labute approximate surface area is 152 Å². The number of halogens is 1. The first-order valence-corrected chi connectivity index (χ1v) is 9.05. The maximum atomic E-state index is 13.9. The maximum absolute atomic E-state index is 13.9. The highest BCUT2D eigenvalue weighted by Crippen LogP contribution is 2.29. The van der Waals surface area contributed by atoms with Crippen LogP contribution >= 0.6 is 0 Å². The van der Waals surface area contributed by atoms with Gasteiger partial charge < -0.3 is 9.80 Å². The Balaban J connectivity index is 1.56. The van der Waals surface area contributed by atoms with Crippen LogP contribution in [-0.4, -0.2) is 35.8 Å². The highest BCUT2D eigenvalue weighted by Gasteiger charge is 2.36. The summed E-state index contributed by atoms with van der Waals surface area (Å²) in [6.45, 7) is 2.51. The van der Waals surface area contributed by atoms with Crippen LogP contribution in [0, 0.1) is 5.82 Å². The molecule has 1 aliphatic heterocycles. The molecular formula is C21H21FN2O2. The van der Waals surface area contributed by atoms with Crippen LogP contribution in [0.15, 0.2) is 42.5 Å². The molecule has 2 aromatic carbocycles. The Kier molecular flexibility index (Phi) is 4.23. The molecule has 26 heavy (non-hydrogen) atoms. The SMILES string of the molecule is C[C@@H]1C(=O)N(c2ccc3c(c2)CCC3)CCN1C(=O)c1ccccc1F. The van der Waals surface area contributed by atoms with Crippen molar-refractivity contribution in [1.29, 1.82) is 0 Å². The smallest absolute Gasteiger partial charge is 0.257 e. The molecule has 1 saturated heterocycles. The van der Waals surface area contributed by atoms with Gasteiger partial charge in [0.2, 0.25) is 5.91 Å². The van der Waals surface area contributed by atoms with E-state index in [0.29, 0.717) is 13.1 Å². The lowest BCUT2D eigenvalue weighted by molar-refractivity contribution is -0.124. The van der Waals surface area contributed by atoms with Crippen LogP contribution in [0.3, 0.4) is 0 Å². The molecule has 1 heterocycles. The van der Waals surface area contributed by atoms with Crippen molar-refractivity contribution in [3.05, 3.63) is 65.0 Å². The van der Waals surface area contributed by atoms with Gasteiger partial charge in [-0.15, -0.1) is 0 Å². The van der Waals surface area contributed by atoms with E-state index in [9.17, 15) is 14.0 Å². The third kappa shape index (κ3) is 2.77. The molecule has 1 fully saturated rings. The van der Waals surface area contributed by atoms with Crippen LogP contribution in [0.2, 0.25) is 0 Å². The van der Waals surface area contributed by atoms with Crippen LogP contribution in [0.25, 0.3) is 0 Å². The van der Waals surface area contributed by atoms with E-state index in [4.69, 9.17) is 0 Å². The van der Waals surface area contributed by atoms with Crippen LogP contribution in [0.1, 0.15) is 34.8 Å². The number of benzene rings is 2. The number of amides is 2. The normalized spacial score (nSPS) is 19.6. The van der Waals surface area contributed by atoms with Gasteiger partial charge in [-0.25, -0.2) is 4.39 Å². The summed E-state index contributed by atoms with van der Waals surface area (Å²) in [5.74, 6) is -1.12. The number of hydrogen-bond acceptors (Lipinski definition) is 2. The minimum atomic E-state index is -0.621. The summed E-state index contributed by atoms with van der Waals surface area (Å²) in [5.41, 5.74) is 3.58. The number of piperazine rings is 1. The minimum Gasteiger partial charge on any atom is -0.325 e. The molecule has 1 aliphatic carbocycles. The molecule has 2 amide bonds. The van der Waals surface area contributed by atoms with Gasteiger partial charge in [0.05, 0.1) is 5.56 Å². The zero-order chi connectivity index (χ0) is 18.3. The van der Waals surface area contributed by atoms with Gasteiger partial charge in [0, 0.05) is 18.8 Å². The Morgan fingerprint density at radius 1 is 1.08 bits per heavy atom. The van der Waals surface area contributed by atoms with Gasteiger partial charge in [0.15, 0.2) is 0 Å². The predicted molar refractivity (Wildman–Crippen MR) is 97.7 cm³/mol. The van der Waals surface area contributed by atoms with Crippen molar-refractivity contribution in [3.8, 4) is 0 Å². The highest BCUT2D eigenvalue weighted by molar-refractivity contribution is 6.03. The van der Waals surface area contributed by atoms with Gasteiger partial charge in [-0.3, -0.25) is 9.59 Å². The van der Waals surface area contributed by atoms with E-state index in [2.05, 4.69) is 12.1 Å². The molecule has 1 atom stereocenters. The lowest BCUT2D eigenvalue weighted by atomic mass is 10.1. The first-order valence-electron chi connectivity index (χ1n) is 9.05. The van der Waals surface area contributed by atoms with Crippen LogP contribution in [0.5, 0.6) is 0 Å². The number of carbonyl (C=O) groups excluding carboxylic acids is 2. The minimum absolute atomic E-state index is 0.0122. The van der Waals surface area contributed by atoms with Crippen LogP contribution < -0.4 is 4.90 Å². The van der Waals surface area contributed by atoms with E-state index in [1.807, 2.05) is 6.07 Å².